The van der Waals surface area contributed by atoms with Crippen molar-refractivity contribution in [2.75, 3.05) is 45.3 Å². The molecule has 29 heavy (non-hydrogen) atoms. The number of carbonyl (C=O) groups is 1. The summed E-state index contributed by atoms with van der Waals surface area (Å²) in [7, 11) is 3.18. The molecule has 7 heteroatoms. The summed E-state index contributed by atoms with van der Waals surface area (Å²) in [6, 6.07) is 9.44. The van der Waals surface area contributed by atoms with Crippen LogP contribution in [0.2, 0.25) is 0 Å². The lowest BCUT2D eigenvalue weighted by Crippen LogP contribution is -2.49. The maximum atomic E-state index is 13.4. The molecule has 0 atom stereocenters. The number of carbonyl (C=O) groups excluding carboxylic acids is 1. The summed E-state index contributed by atoms with van der Waals surface area (Å²) in [5.41, 5.74) is 2.42. The van der Waals surface area contributed by atoms with Crippen molar-refractivity contribution >= 4 is 11.6 Å². The van der Waals surface area contributed by atoms with Gasteiger partial charge in [-0.05, 0) is 43.5 Å². The van der Waals surface area contributed by atoms with Gasteiger partial charge in [0.2, 0.25) is 0 Å². The Morgan fingerprint density at radius 1 is 0.931 bits per heavy atom. The van der Waals surface area contributed by atoms with Crippen molar-refractivity contribution in [1.29, 1.82) is 0 Å². The number of hydrogen-bond donors (Lipinski definition) is 0. The van der Waals surface area contributed by atoms with Crippen molar-refractivity contribution < 1.29 is 14.3 Å². The van der Waals surface area contributed by atoms with Gasteiger partial charge >= 0.3 is 0 Å². The minimum atomic E-state index is -0.0857. The first-order valence-electron chi connectivity index (χ1n) is 10.1. The quantitative estimate of drug-likeness (QED) is 0.791. The van der Waals surface area contributed by atoms with E-state index in [1.54, 1.807) is 11.7 Å². The van der Waals surface area contributed by atoms with Crippen LogP contribution in [-0.4, -0.2) is 55.8 Å². The van der Waals surface area contributed by atoms with E-state index in [0.717, 1.165) is 49.5 Å². The van der Waals surface area contributed by atoms with Gasteiger partial charge in [-0.2, -0.15) is 0 Å². The molecule has 154 valence electrons. The third-order valence-electron chi connectivity index (χ3n) is 5.86. The zero-order valence-corrected chi connectivity index (χ0v) is 17.0. The van der Waals surface area contributed by atoms with Crippen molar-refractivity contribution in [3.63, 3.8) is 0 Å². The van der Waals surface area contributed by atoms with Crippen molar-refractivity contribution in [2.24, 2.45) is 0 Å². The highest BCUT2D eigenvalue weighted by Crippen LogP contribution is 2.27. The second kappa shape index (κ2) is 8.19. The first kappa shape index (κ1) is 19.4. The number of ether oxygens (including phenoxy) is 2. The zero-order valence-electron chi connectivity index (χ0n) is 17.0. The number of anilines is 1. The van der Waals surface area contributed by atoms with Gasteiger partial charge < -0.3 is 23.8 Å². The third kappa shape index (κ3) is 3.69. The lowest BCUT2D eigenvalue weighted by atomic mass is 10.0. The number of pyridine rings is 1. The number of amides is 1. The van der Waals surface area contributed by atoms with Crippen molar-refractivity contribution in [3.05, 3.63) is 51.9 Å². The Morgan fingerprint density at radius 2 is 1.66 bits per heavy atom. The molecule has 0 saturated carbocycles. The predicted molar refractivity (Wildman–Crippen MR) is 111 cm³/mol. The molecule has 2 aliphatic heterocycles. The highest BCUT2D eigenvalue weighted by atomic mass is 16.5. The van der Waals surface area contributed by atoms with Gasteiger partial charge in [-0.15, -0.1) is 0 Å². The Labute approximate surface area is 170 Å². The molecule has 1 saturated heterocycles. The highest BCUT2D eigenvalue weighted by molar-refractivity contribution is 5.98. The molecular formula is C22H27N3O4. The minimum absolute atomic E-state index is 0.0399. The Kier molecular flexibility index (Phi) is 5.47. The van der Waals surface area contributed by atoms with Gasteiger partial charge in [0.15, 0.2) is 0 Å². The fourth-order valence-corrected chi connectivity index (χ4v) is 4.25. The molecule has 0 N–H and O–H groups in total. The van der Waals surface area contributed by atoms with Crippen LogP contribution < -0.4 is 19.9 Å². The Bertz CT molecular complexity index is 944. The normalized spacial score (nSPS) is 16.3. The predicted octanol–water partition coefficient (Wildman–Crippen LogP) is 2.16. The Hall–Kier alpha value is -2.96. The highest BCUT2D eigenvalue weighted by Gasteiger charge is 2.29. The number of hydrogen-bond acceptors (Lipinski definition) is 5. The molecule has 2 aromatic rings. The molecular weight excluding hydrogens is 370 g/mol. The molecule has 0 aliphatic carbocycles. The summed E-state index contributed by atoms with van der Waals surface area (Å²) in [5.74, 6) is 1.19. The fourth-order valence-electron chi connectivity index (χ4n) is 4.25. The van der Waals surface area contributed by atoms with E-state index in [4.69, 9.17) is 9.47 Å². The number of piperazine rings is 1. The summed E-state index contributed by atoms with van der Waals surface area (Å²) in [5, 5.41) is 0. The monoisotopic (exact) mass is 397 g/mol. The van der Waals surface area contributed by atoms with Crippen LogP contribution in [0, 0.1) is 0 Å². The standard InChI is InChI=1S/C22H27N3O4/c1-28-17-8-6-16(7-9-17)23-11-13-24(14-12-23)22(27)21-18-5-3-4-10-25(18)20(26)15-19(21)29-2/h6-9,15H,3-5,10-14H2,1-2H3. The van der Waals surface area contributed by atoms with Gasteiger partial charge in [-0.25, -0.2) is 0 Å². The smallest absolute Gasteiger partial charge is 0.259 e. The molecule has 7 nitrogen and oxygen atoms in total. The maximum absolute atomic E-state index is 13.4. The van der Waals surface area contributed by atoms with Gasteiger partial charge in [0.25, 0.3) is 11.5 Å². The van der Waals surface area contributed by atoms with Gasteiger partial charge in [-0.3, -0.25) is 9.59 Å². The summed E-state index contributed by atoms with van der Waals surface area (Å²) < 4.78 is 12.4. The van der Waals surface area contributed by atoms with Crippen LogP contribution in [-0.2, 0) is 13.0 Å². The van der Waals surface area contributed by atoms with Gasteiger partial charge in [0, 0.05) is 50.2 Å². The van der Waals surface area contributed by atoms with Crippen LogP contribution >= 0.6 is 0 Å². The van der Waals surface area contributed by atoms with Crippen LogP contribution in [0.15, 0.2) is 35.1 Å². The van der Waals surface area contributed by atoms with Gasteiger partial charge in [0.05, 0.1) is 14.2 Å². The van der Waals surface area contributed by atoms with E-state index >= 15 is 0 Å². The van der Waals surface area contributed by atoms with Crippen LogP contribution in [0.5, 0.6) is 11.5 Å². The van der Waals surface area contributed by atoms with E-state index in [2.05, 4.69) is 4.90 Å². The van der Waals surface area contributed by atoms with Crippen LogP contribution in [0.3, 0.4) is 0 Å². The van der Waals surface area contributed by atoms with Crippen molar-refractivity contribution in [2.45, 2.75) is 25.8 Å². The van der Waals surface area contributed by atoms with Crippen LogP contribution in [0.25, 0.3) is 0 Å². The van der Waals surface area contributed by atoms with Gasteiger partial charge in [0.1, 0.15) is 17.1 Å². The molecule has 3 heterocycles. The van der Waals surface area contributed by atoms with E-state index in [-0.39, 0.29) is 11.5 Å². The first-order chi connectivity index (χ1) is 14.1. The second-order valence-corrected chi connectivity index (χ2v) is 7.46. The summed E-state index contributed by atoms with van der Waals surface area (Å²) >= 11 is 0. The first-order valence-corrected chi connectivity index (χ1v) is 10.1. The number of methoxy groups -OCH3 is 2. The van der Waals surface area contributed by atoms with E-state index in [1.807, 2.05) is 29.2 Å². The van der Waals surface area contributed by atoms with E-state index < -0.39 is 0 Å². The molecule has 0 unspecified atom stereocenters. The number of benzene rings is 1. The minimum Gasteiger partial charge on any atom is -0.497 e. The molecule has 1 aromatic heterocycles. The van der Waals surface area contributed by atoms with Crippen molar-refractivity contribution in [3.8, 4) is 11.5 Å². The largest absolute Gasteiger partial charge is 0.497 e. The number of rotatable bonds is 4. The Morgan fingerprint density at radius 3 is 2.31 bits per heavy atom. The van der Waals surface area contributed by atoms with Crippen molar-refractivity contribution in [1.82, 2.24) is 9.47 Å². The molecule has 4 rings (SSSR count). The summed E-state index contributed by atoms with van der Waals surface area (Å²) in [4.78, 5) is 29.9. The summed E-state index contributed by atoms with van der Waals surface area (Å²) in [6.45, 7) is 3.45. The average molecular weight is 397 g/mol. The molecule has 1 aromatic carbocycles. The van der Waals surface area contributed by atoms with E-state index in [0.29, 0.717) is 30.9 Å². The maximum Gasteiger partial charge on any atom is 0.259 e. The molecule has 0 bridgehead atoms. The van der Waals surface area contributed by atoms with E-state index in [9.17, 15) is 9.59 Å². The molecule has 0 radical (unpaired) electrons. The lowest BCUT2D eigenvalue weighted by Gasteiger charge is -2.37. The van der Waals surface area contributed by atoms with Crippen LogP contribution in [0.1, 0.15) is 28.9 Å². The molecule has 1 amide bonds. The SMILES string of the molecule is COc1ccc(N2CCN(C(=O)c3c(OC)cc(=O)n4c3CCCC4)CC2)cc1. The number of fused-ring (bicyclic) bond motifs is 1. The summed E-state index contributed by atoms with van der Waals surface area (Å²) in [6.07, 6.45) is 2.69. The zero-order chi connectivity index (χ0) is 20.4. The molecule has 1 fully saturated rings. The molecule has 2 aliphatic rings. The topological polar surface area (TPSA) is 64.0 Å². The van der Waals surface area contributed by atoms with E-state index in [1.165, 1.54) is 13.2 Å². The average Bonchev–Trinajstić information content (AvgIpc) is 2.79. The Balaban J connectivity index is 1.53. The number of nitrogens with zero attached hydrogens (tertiary/aromatic N) is 3. The second-order valence-electron chi connectivity index (χ2n) is 7.46. The van der Waals surface area contributed by atoms with Gasteiger partial charge in [-0.1, -0.05) is 0 Å². The third-order valence-corrected chi connectivity index (χ3v) is 5.86. The fraction of sp³-hybridized carbons (Fsp3) is 0.455. The molecule has 0 spiro atoms. The van der Waals surface area contributed by atoms with Crippen LogP contribution in [0.4, 0.5) is 5.69 Å². The number of aromatic nitrogens is 1. The lowest BCUT2D eigenvalue weighted by molar-refractivity contribution is 0.0740.